The molecule has 2 atom stereocenters. The van der Waals surface area contributed by atoms with Crippen molar-refractivity contribution in [2.24, 2.45) is 10.4 Å². The summed E-state index contributed by atoms with van der Waals surface area (Å²) in [5, 5.41) is 24.5. The number of benzene rings is 1. The second-order valence-electron chi connectivity index (χ2n) is 3.63. The number of aryl methyl sites for hydroxylation is 1. The number of oxime groups is 1. The van der Waals surface area contributed by atoms with Gasteiger partial charge in [-0.1, -0.05) is 34.5 Å². The van der Waals surface area contributed by atoms with Crippen LogP contribution in [0.25, 0.3) is 0 Å². The topological polar surface area (TPSA) is 77.4 Å². The highest BCUT2D eigenvalue weighted by Crippen LogP contribution is 2.24. The molecule has 1 aromatic carbocycles. The van der Waals surface area contributed by atoms with E-state index in [1.54, 1.807) is 12.1 Å². The predicted octanol–water partition coefficient (Wildman–Crippen LogP) is 1.75. The zero-order chi connectivity index (χ0) is 12.4. The average Bonchev–Trinajstić information content (AvgIpc) is 2.71. The van der Waals surface area contributed by atoms with E-state index in [0.29, 0.717) is 5.69 Å². The highest BCUT2D eigenvalue weighted by Gasteiger charge is 2.45. The average molecular weight is 257 g/mol. The number of hydrogen-bond donors (Lipinski definition) is 2. The van der Waals surface area contributed by atoms with Gasteiger partial charge in [0, 0.05) is 12.1 Å². The van der Waals surface area contributed by atoms with Gasteiger partial charge >= 0.3 is 12.3 Å². The van der Waals surface area contributed by atoms with Gasteiger partial charge < -0.3 is 15.2 Å². The fraction of sp³-hybridized carbons (Fsp3) is 0.300. The van der Waals surface area contributed by atoms with E-state index in [1.807, 2.05) is 19.1 Å². The summed E-state index contributed by atoms with van der Waals surface area (Å²) >= 11 is 5.70. The summed E-state index contributed by atoms with van der Waals surface area (Å²) in [6, 6.07) is 6.53. The van der Waals surface area contributed by atoms with Gasteiger partial charge in [0.2, 0.25) is 10.9 Å². The van der Waals surface area contributed by atoms with Crippen LogP contribution in [0, 0.1) is 6.92 Å². The van der Waals surface area contributed by atoms with E-state index >= 15 is 0 Å². The van der Waals surface area contributed by atoms with Crippen LogP contribution in [0.5, 0.6) is 0 Å². The zero-order valence-corrected chi connectivity index (χ0v) is 9.74. The molecule has 0 spiro atoms. The van der Waals surface area contributed by atoms with Crippen molar-refractivity contribution in [3.8, 4) is 0 Å². The fourth-order valence-electron chi connectivity index (χ4n) is 1.51. The molecule has 0 amide bonds. The van der Waals surface area contributed by atoms with Crippen LogP contribution in [-0.4, -0.2) is 32.5 Å². The molecule has 0 radical (unpaired) electrons. The minimum absolute atomic E-state index is 0.195. The van der Waals surface area contributed by atoms with E-state index in [0.717, 1.165) is 5.56 Å². The minimum atomic E-state index is -1.26. The first-order valence-corrected chi connectivity index (χ1v) is 5.29. The van der Waals surface area contributed by atoms with Crippen molar-refractivity contribution >= 4 is 22.5 Å². The standard InChI is InChI=1S/C10H10ClN3O3/c1-6-2-4-7(5-3-6)14-8(9(11)12-16)10(15)17-13-14/h2-5,8,10,15H,1H3/p+1/b12-9-. The summed E-state index contributed by atoms with van der Waals surface area (Å²) in [6.07, 6.45) is -1.26. The molecule has 90 valence electrons. The Morgan fingerprint density at radius 3 is 2.71 bits per heavy atom. The van der Waals surface area contributed by atoms with Crippen molar-refractivity contribution in [1.82, 2.24) is 0 Å². The molecular formula is C10H11ClN3O3+. The Morgan fingerprint density at radius 2 is 2.12 bits per heavy atom. The number of aliphatic hydroxyl groups excluding tert-OH is 1. The molecule has 1 heterocycles. The van der Waals surface area contributed by atoms with Crippen molar-refractivity contribution in [3.05, 3.63) is 29.8 Å². The summed E-state index contributed by atoms with van der Waals surface area (Å²) in [4.78, 5) is 4.72. The Morgan fingerprint density at radius 1 is 1.47 bits per heavy atom. The molecule has 0 saturated heterocycles. The maximum atomic E-state index is 9.54. The van der Waals surface area contributed by atoms with Gasteiger partial charge in [-0.2, -0.15) is 0 Å². The molecule has 6 nitrogen and oxygen atoms in total. The van der Waals surface area contributed by atoms with Gasteiger partial charge in [-0.15, -0.1) is 0 Å². The maximum Gasteiger partial charge on any atom is 0.307 e. The van der Waals surface area contributed by atoms with Gasteiger partial charge in [-0.05, 0) is 11.6 Å². The lowest BCUT2D eigenvalue weighted by molar-refractivity contribution is -0.529. The van der Waals surface area contributed by atoms with Gasteiger partial charge in [0.1, 0.15) is 0 Å². The summed E-state index contributed by atoms with van der Waals surface area (Å²) in [7, 11) is 0. The largest absolute Gasteiger partial charge is 0.410 e. The summed E-state index contributed by atoms with van der Waals surface area (Å²) in [5.74, 6) is 0. The van der Waals surface area contributed by atoms with Crippen LogP contribution >= 0.6 is 11.6 Å². The van der Waals surface area contributed by atoms with Crippen molar-refractivity contribution < 1.29 is 19.8 Å². The molecule has 1 aliphatic heterocycles. The van der Waals surface area contributed by atoms with Gasteiger partial charge in [0.15, 0.2) is 5.28 Å². The lowest BCUT2D eigenvalue weighted by Crippen LogP contribution is -2.35. The Balaban J connectivity index is 2.35. The molecule has 2 rings (SSSR count). The Bertz CT molecular complexity index is 472. The number of nitrogens with zero attached hydrogens (tertiary/aromatic N) is 3. The first kappa shape index (κ1) is 11.8. The van der Waals surface area contributed by atoms with Crippen LogP contribution in [-0.2, 0) is 4.84 Å². The zero-order valence-electron chi connectivity index (χ0n) is 8.99. The smallest absolute Gasteiger partial charge is 0.307 e. The Kier molecular flexibility index (Phi) is 3.26. The van der Waals surface area contributed by atoms with Crippen molar-refractivity contribution in [2.45, 2.75) is 19.3 Å². The summed E-state index contributed by atoms with van der Waals surface area (Å²) in [6.45, 7) is 1.95. The van der Waals surface area contributed by atoms with E-state index in [-0.39, 0.29) is 5.17 Å². The van der Waals surface area contributed by atoms with Crippen molar-refractivity contribution in [2.75, 3.05) is 0 Å². The first-order chi connectivity index (χ1) is 8.13. The van der Waals surface area contributed by atoms with Gasteiger partial charge in [-0.25, -0.2) is 0 Å². The maximum absolute atomic E-state index is 9.54. The lowest BCUT2D eigenvalue weighted by Gasteiger charge is -2.04. The second kappa shape index (κ2) is 4.68. The van der Waals surface area contributed by atoms with Crippen LogP contribution in [0.15, 0.2) is 34.7 Å². The van der Waals surface area contributed by atoms with Gasteiger partial charge in [0.05, 0.1) is 0 Å². The third kappa shape index (κ3) is 2.22. The number of aliphatic hydroxyl groups is 1. The number of rotatable bonds is 2. The molecule has 0 aliphatic carbocycles. The lowest BCUT2D eigenvalue weighted by atomic mass is 10.2. The normalized spacial score (nSPS) is 24.4. The molecule has 17 heavy (non-hydrogen) atoms. The predicted molar refractivity (Wildman–Crippen MR) is 59.5 cm³/mol. The van der Waals surface area contributed by atoms with Crippen LogP contribution in [0.4, 0.5) is 5.69 Å². The van der Waals surface area contributed by atoms with E-state index in [2.05, 4.69) is 10.4 Å². The summed E-state index contributed by atoms with van der Waals surface area (Å²) in [5.41, 5.74) is 1.77. The highest BCUT2D eigenvalue weighted by atomic mass is 35.5. The fourth-order valence-corrected chi connectivity index (χ4v) is 1.71. The molecule has 1 aliphatic rings. The first-order valence-electron chi connectivity index (χ1n) is 4.91. The quantitative estimate of drug-likeness (QED) is 0.366. The van der Waals surface area contributed by atoms with Gasteiger partial charge in [-0.3, -0.25) is 0 Å². The molecular weight excluding hydrogens is 246 g/mol. The van der Waals surface area contributed by atoms with E-state index in [4.69, 9.17) is 21.6 Å². The Labute approximate surface area is 102 Å². The van der Waals surface area contributed by atoms with Crippen LogP contribution < -0.4 is 0 Å². The number of halogens is 1. The van der Waals surface area contributed by atoms with Crippen LogP contribution in [0.1, 0.15) is 5.56 Å². The van der Waals surface area contributed by atoms with E-state index in [1.165, 1.54) is 4.70 Å². The minimum Gasteiger partial charge on any atom is -0.410 e. The third-order valence-electron chi connectivity index (χ3n) is 2.41. The van der Waals surface area contributed by atoms with Crippen LogP contribution in [0.2, 0.25) is 0 Å². The highest BCUT2D eigenvalue weighted by molar-refractivity contribution is 6.66. The van der Waals surface area contributed by atoms with Crippen LogP contribution in [0.3, 0.4) is 0 Å². The SMILES string of the molecule is Cc1ccc([N+]2=NOC(O)C2/C(Cl)=N/O)cc1. The molecule has 1 aromatic rings. The van der Waals surface area contributed by atoms with Crippen molar-refractivity contribution in [3.63, 3.8) is 0 Å². The molecule has 0 bridgehead atoms. The molecule has 0 fully saturated rings. The molecule has 0 aromatic heterocycles. The molecule has 7 heteroatoms. The molecule has 0 saturated carbocycles. The summed E-state index contributed by atoms with van der Waals surface area (Å²) < 4.78 is 1.35. The monoisotopic (exact) mass is 256 g/mol. The second-order valence-corrected chi connectivity index (χ2v) is 4.01. The molecule has 2 unspecified atom stereocenters. The van der Waals surface area contributed by atoms with Gasteiger partial charge in [0.25, 0.3) is 0 Å². The van der Waals surface area contributed by atoms with E-state index in [9.17, 15) is 5.11 Å². The van der Waals surface area contributed by atoms with E-state index < -0.39 is 12.3 Å². The van der Waals surface area contributed by atoms with Crippen molar-refractivity contribution in [1.29, 1.82) is 0 Å². The number of hydrogen-bond acceptors (Lipinski definition) is 5. The Hall–Kier alpha value is -1.66. The third-order valence-corrected chi connectivity index (χ3v) is 2.71. The molecule has 2 N–H and O–H groups in total.